The van der Waals surface area contributed by atoms with Crippen molar-refractivity contribution >= 4 is 23.6 Å². The molecule has 2 aliphatic heterocycles. The fourth-order valence-corrected chi connectivity index (χ4v) is 5.04. The van der Waals surface area contributed by atoms with E-state index in [0.717, 1.165) is 11.1 Å². The van der Waals surface area contributed by atoms with Crippen LogP contribution in [0.5, 0.6) is 0 Å². The van der Waals surface area contributed by atoms with Gasteiger partial charge in [-0.25, -0.2) is 9.18 Å². The maximum atomic E-state index is 13.9. The molecule has 2 heterocycles. The number of urea groups is 1. The molecule has 2 aliphatic rings. The fourth-order valence-electron chi connectivity index (χ4n) is 5.04. The van der Waals surface area contributed by atoms with E-state index in [1.54, 1.807) is 17.0 Å². The van der Waals surface area contributed by atoms with Crippen LogP contribution in [0.1, 0.15) is 24.0 Å². The number of guanidine groups is 1. The summed E-state index contributed by atoms with van der Waals surface area (Å²) < 4.78 is 13.9. The first-order valence-electron chi connectivity index (χ1n) is 12.1. The van der Waals surface area contributed by atoms with Crippen molar-refractivity contribution in [3.63, 3.8) is 0 Å². The third-order valence-electron chi connectivity index (χ3n) is 7.01. The van der Waals surface area contributed by atoms with Gasteiger partial charge in [0.15, 0.2) is 11.5 Å². The molecule has 8 heteroatoms. The van der Waals surface area contributed by atoms with Gasteiger partial charge in [0, 0.05) is 19.6 Å². The van der Waals surface area contributed by atoms with Crippen molar-refractivity contribution in [3.05, 3.63) is 102 Å². The van der Waals surface area contributed by atoms with Gasteiger partial charge in [-0.05, 0) is 42.0 Å². The predicted molar refractivity (Wildman–Crippen MR) is 136 cm³/mol. The summed E-state index contributed by atoms with van der Waals surface area (Å²) >= 11 is 0. The maximum Gasteiger partial charge on any atom is 0.321 e. The van der Waals surface area contributed by atoms with Crippen LogP contribution in [0, 0.1) is 17.1 Å². The highest BCUT2D eigenvalue weighted by molar-refractivity contribution is 6.10. The SMILES string of the molecule is N=C1NC(c2ccccc2)(c2ccccc2)C(=O)N1CC1CCN(C(=O)Nc2ccccc2F)CC1. The molecule has 3 N–H and O–H groups in total. The zero-order valence-electron chi connectivity index (χ0n) is 19.8. The molecule has 36 heavy (non-hydrogen) atoms. The number of anilines is 1. The second-order valence-corrected chi connectivity index (χ2v) is 9.21. The van der Waals surface area contributed by atoms with Gasteiger partial charge in [-0.15, -0.1) is 0 Å². The molecule has 3 aromatic rings. The lowest BCUT2D eigenvalue weighted by atomic mass is 9.82. The van der Waals surface area contributed by atoms with Gasteiger partial charge in [0.05, 0.1) is 5.69 Å². The molecule has 0 radical (unpaired) electrons. The van der Waals surface area contributed by atoms with Gasteiger partial charge < -0.3 is 15.5 Å². The Morgan fingerprint density at radius 2 is 1.50 bits per heavy atom. The minimum atomic E-state index is -1.15. The minimum absolute atomic E-state index is 0.0763. The molecule has 184 valence electrons. The molecule has 0 spiro atoms. The van der Waals surface area contributed by atoms with Crippen LogP contribution in [0.3, 0.4) is 0 Å². The molecule has 0 bridgehead atoms. The zero-order chi connectivity index (χ0) is 25.1. The van der Waals surface area contributed by atoms with Crippen molar-refractivity contribution in [2.75, 3.05) is 25.0 Å². The molecule has 2 fully saturated rings. The molecule has 7 nitrogen and oxygen atoms in total. The Labute approximate surface area is 209 Å². The van der Waals surface area contributed by atoms with E-state index < -0.39 is 11.4 Å². The summed E-state index contributed by atoms with van der Waals surface area (Å²) in [5, 5.41) is 14.5. The fraction of sp³-hybridized carbons (Fsp3) is 0.250. The largest absolute Gasteiger partial charge is 0.334 e. The topological polar surface area (TPSA) is 88.5 Å². The lowest BCUT2D eigenvalue weighted by molar-refractivity contribution is -0.130. The van der Waals surface area contributed by atoms with Crippen molar-refractivity contribution in [1.29, 1.82) is 5.41 Å². The Morgan fingerprint density at radius 1 is 0.944 bits per heavy atom. The summed E-state index contributed by atoms with van der Waals surface area (Å²) in [5.74, 6) is -0.437. The second-order valence-electron chi connectivity index (χ2n) is 9.21. The molecule has 0 saturated carbocycles. The van der Waals surface area contributed by atoms with Crippen LogP contribution in [0.2, 0.25) is 0 Å². The van der Waals surface area contributed by atoms with E-state index in [2.05, 4.69) is 10.6 Å². The Balaban J connectivity index is 1.28. The molecule has 3 aromatic carbocycles. The van der Waals surface area contributed by atoms with E-state index in [1.807, 2.05) is 60.7 Å². The molecular formula is C28H28FN5O2. The van der Waals surface area contributed by atoms with E-state index in [-0.39, 0.29) is 29.5 Å². The normalized spacial score (nSPS) is 17.7. The number of amides is 3. The average molecular weight is 486 g/mol. The smallest absolute Gasteiger partial charge is 0.321 e. The Hall–Kier alpha value is -4.20. The highest BCUT2D eigenvalue weighted by atomic mass is 19.1. The summed E-state index contributed by atoms with van der Waals surface area (Å²) in [4.78, 5) is 29.7. The van der Waals surface area contributed by atoms with Gasteiger partial charge >= 0.3 is 6.03 Å². The standard InChI is InChI=1S/C28H28FN5O2/c29-23-13-7-8-14-24(23)31-27(36)33-17-15-20(16-18-33)19-34-25(35)28(32-26(34)30,21-9-3-1-4-10-21)22-11-5-2-6-12-22/h1-14,20H,15-19H2,(H2,30,32)(H,31,36). The van der Waals surface area contributed by atoms with Crippen LogP contribution in [0.25, 0.3) is 0 Å². The molecule has 2 saturated heterocycles. The van der Waals surface area contributed by atoms with Gasteiger partial charge in [-0.3, -0.25) is 15.1 Å². The van der Waals surface area contributed by atoms with Crippen molar-refractivity contribution < 1.29 is 14.0 Å². The lowest BCUT2D eigenvalue weighted by Crippen LogP contribution is -2.46. The number of piperidine rings is 1. The van der Waals surface area contributed by atoms with Crippen LogP contribution < -0.4 is 10.6 Å². The third-order valence-corrected chi connectivity index (χ3v) is 7.01. The van der Waals surface area contributed by atoms with Crippen molar-refractivity contribution in [2.24, 2.45) is 5.92 Å². The van der Waals surface area contributed by atoms with E-state index in [4.69, 9.17) is 5.41 Å². The molecule has 0 atom stereocenters. The molecule has 3 amide bonds. The molecular weight excluding hydrogens is 457 g/mol. The number of halogens is 1. The van der Waals surface area contributed by atoms with Crippen LogP contribution >= 0.6 is 0 Å². The number of benzene rings is 3. The lowest BCUT2D eigenvalue weighted by Gasteiger charge is -2.34. The first-order chi connectivity index (χ1) is 17.5. The second kappa shape index (κ2) is 9.81. The van der Waals surface area contributed by atoms with Gasteiger partial charge in [0.25, 0.3) is 5.91 Å². The summed E-state index contributed by atoms with van der Waals surface area (Å²) in [5.41, 5.74) is 0.575. The third kappa shape index (κ3) is 4.30. The van der Waals surface area contributed by atoms with Crippen LogP contribution in [-0.2, 0) is 10.3 Å². The number of hydrogen-bond donors (Lipinski definition) is 3. The van der Waals surface area contributed by atoms with Crippen molar-refractivity contribution in [2.45, 2.75) is 18.4 Å². The van der Waals surface area contributed by atoms with Gasteiger partial charge in [0.2, 0.25) is 0 Å². The van der Waals surface area contributed by atoms with Crippen LogP contribution in [0.4, 0.5) is 14.9 Å². The minimum Gasteiger partial charge on any atom is -0.334 e. The highest BCUT2D eigenvalue weighted by Gasteiger charge is 2.52. The molecule has 0 aromatic heterocycles. The number of rotatable bonds is 5. The monoisotopic (exact) mass is 485 g/mol. The summed E-state index contributed by atoms with van der Waals surface area (Å²) in [6.45, 7) is 1.39. The first kappa shape index (κ1) is 23.5. The van der Waals surface area contributed by atoms with Crippen LogP contribution in [-0.4, -0.2) is 47.3 Å². The number of likely N-dealkylation sites (tertiary alicyclic amines) is 1. The van der Waals surface area contributed by atoms with Crippen LogP contribution in [0.15, 0.2) is 84.9 Å². The van der Waals surface area contributed by atoms with Crippen molar-refractivity contribution in [1.82, 2.24) is 15.1 Å². The molecule has 0 unspecified atom stereocenters. The number of para-hydroxylation sites is 1. The Morgan fingerprint density at radius 3 is 2.08 bits per heavy atom. The van der Waals surface area contributed by atoms with Crippen molar-refractivity contribution in [3.8, 4) is 0 Å². The first-order valence-corrected chi connectivity index (χ1v) is 12.1. The van der Waals surface area contributed by atoms with E-state index in [1.165, 1.54) is 17.0 Å². The van der Waals surface area contributed by atoms with E-state index >= 15 is 0 Å². The summed E-state index contributed by atoms with van der Waals surface area (Å²) in [6.07, 6.45) is 1.37. The van der Waals surface area contributed by atoms with Gasteiger partial charge in [-0.2, -0.15) is 0 Å². The van der Waals surface area contributed by atoms with E-state index in [9.17, 15) is 14.0 Å². The number of nitrogens with one attached hydrogen (secondary N) is 3. The van der Waals surface area contributed by atoms with Gasteiger partial charge in [0.1, 0.15) is 5.82 Å². The quantitative estimate of drug-likeness (QED) is 0.501. The number of carbonyl (C=O) groups excluding carboxylic acids is 2. The maximum absolute atomic E-state index is 13.9. The Kier molecular flexibility index (Phi) is 6.41. The zero-order valence-corrected chi connectivity index (χ0v) is 19.8. The Bertz CT molecular complexity index is 1220. The highest BCUT2D eigenvalue weighted by Crippen LogP contribution is 2.36. The van der Waals surface area contributed by atoms with E-state index in [0.29, 0.717) is 32.5 Å². The summed E-state index contributed by atoms with van der Waals surface area (Å²) in [6, 6.07) is 24.7. The summed E-state index contributed by atoms with van der Waals surface area (Å²) in [7, 11) is 0. The predicted octanol–water partition coefficient (Wildman–Crippen LogP) is 4.38. The molecule has 5 rings (SSSR count). The average Bonchev–Trinajstić information content (AvgIpc) is 3.17. The number of nitrogens with zero attached hydrogens (tertiary/aromatic N) is 2. The van der Waals surface area contributed by atoms with Gasteiger partial charge in [-0.1, -0.05) is 72.8 Å². The number of carbonyl (C=O) groups is 2. The molecule has 0 aliphatic carbocycles. The number of hydrogen-bond acceptors (Lipinski definition) is 3.